The fourth-order valence-electron chi connectivity index (χ4n) is 6.97. The molecule has 6 N–H and O–H groups in total. The molecular formula is C44H73N5O16. The SMILES string of the molecule is CC(C)CCOCCOCCOCCOCCOCCC(=O)N[C@@H](CCCc1ccc(C[C@H]2CN(CC(=O)O)CCN(CC(=O)O)CCN(CC(=O)O)CCN2CC(=O)O)cc1)C(=O)O. The summed E-state index contributed by atoms with van der Waals surface area (Å²) in [5.41, 5.74) is 1.74. The van der Waals surface area contributed by atoms with Gasteiger partial charge in [-0.25, -0.2) is 4.79 Å². The zero-order chi connectivity index (χ0) is 47.8. The van der Waals surface area contributed by atoms with E-state index in [1.54, 1.807) is 19.6 Å². The molecule has 0 aliphatic carbocycles. The van der Waals surface area contributed by atoms with Crippen LogP contribution in [0.3, 0.4) is 0 Å². The Bertz CT molecular complexity index is 1540. The summed E-state index contributed by atoms with van der Waals surface area (Å²) in [7, 11) is 0. The molecular weight excluding hydrogens is 855 g/mol. The Labute approximate surface area is 381 Å². The third kappa shape index (κ3) is 29.0. The predicted octanol–water partition coefficient (Wildman–Crippen LogP) is 0.569. The van der Waals surface area contributed by atoms with Crippen molar-refractivity contribution in [3.8, 4) is 0 Å². The summed E-state index contributed by atoms with van der Waals surface area (Å²) in [6, 6.07) is 5.91. The number of ether oxygens (including phenoxy) is 5. The number of hydrogen-bond donors (Lipinski definition) is 6. The molecule has 1 aliphatic heterocycles. The van der Waals surface area contributed by atoms with Gasteiger partial charge >= 0.3 is 29.8 Å². The smallest absolute Gasteiger partial charge is 0.326 e. The van der Waals surface area contributed by atoms with E-state index in [2.05, 4.69) is 19.2 Å². The first-order valence-corrected chi connectivity index (χ1v) is 22.4. The molecule has 370 valence electrons. The molecule has 1 amide bonds. The Balaban J connectivity index is 1.84. The maximum Gasteiger partial charge on any atom is 0.326 e. The lowest BCUT2D eigenvalue weighted by molar-refractivity contribution is -0.142. The quantitative estimate of drug-likeness (QED) is 0.0516. The molecule has 0 radical (unpaired) electrons. The molecule has 1 aliphatic rings. The van der Waals surface area contributed by atoms with Crippen LogP contribution in [0.1, 0.15) is 50.7 Å². The van der Waals surface area contributed by atoms with Crippen LogP contribution >= 0.6 is 0 Å². The Kier molecular flexibility index (Phi) is 29.8. The maximum atomic E-state index is 12.5. The summed E-state index contributed by atoms with van der Waals surface area (Å²) in [4.78, 5) is 78.3. The van der Waals surface area contributed by atoms with Crippen LogP contribution in [0, 0.1) is 5.92 Å². The Hall–Kier alpha value is -4.32. The van der Waals surface area contributed by atoms with Gasteiger partial charge in [-0.15, -0.1) is 0 Å². The number of nitrogens with one attached hydrogen (secondary N) is 1. The number of aliphatic carboxylic acids is 5. The van der Waals surface area contributed by atoms with E-state index in [0.717, 1.165) is 24.2 Å². The second-order valence-electron chi connectivity index (χ2n) is 16.4. The monoisotopic (exact) mass is 928 g/mol. The Morgan fingerprint density at radius 1 is 0.569 bits per heavy atom. The number of nitrogens with zero attached hydrogens (tertiary/aromatic N) is 4. The lowest BCUT2D eigenvalue weighted by Crippen LogP contribution is -2.53. The van der Waals surface area contributed by atoms with Crippen molar-refractivity contribution in [2.45, 2.75) is 64.5 Å². The molecule has 65 heavy (non-hydrogen) atoms. The van der Waals surface area contributed by atoms with E-state index < -0.39 is 47.8 Å². The molecule has 1 fully saturated rings. The van der Waals surface area contributed by atoms with Crippen molar-refractivity contribution in [1.82, 2.24) is 24.9 Å². The highest BCUT2D eigenvalue weighted by molar-refractivity contribution is 5.83. The first-order chi connectivity index (χ1) is 31.1. The second-order valence-corrected chi connectivity index (χ2v) is 16.4. The highest BCUT2D eigenvalue weighted by Gasteiger charge is 2.28. The van der Waals surface area contributed by atoms with E-state index in [1.807, 2.05) is 24.3 Å². The second kappa shape index (κ2) is 34.1. The van der Waals surface area contributed by atoms with Crippen molar-refractivity contribution < 1.29 is 78.0 Å². The van der Waals surface area contributed by atoms with Crippen LogP contribution in [-0.4, -0.2) is 231 Å². The zero-order valence-electron chi connectivity index (χ0n) is 38.1. The van der Waals surface area contributed by atoms with Gasteiger partial charge in [0.2, 0.25) is 5.91 Å². The molecule has 0 unspecified atom stereocenters. The lowest BCUT2D eigenvalue weighted by atomic mass is 9.99. The Morgan fingerprint density at radius 3 is 1.48 bits per heavy atom. The van der Waals surface area contributed by atoms with Gasteiger partial charge in [0, 0.05) is 64.9 Å². The third-order valence-corrected chi connectivity index (χ3v) is 10.5. The normalized spacial score (nSPS) is 16.7. The molecule has 2 atom stereocenters. The minimum Gasteiger partial charge on any atom is -0.480 e. The van der Waals surface area contributed by atoms with Crippen LogP contribution in [-0.2, 0) is 65.3 Å². The van der Waals surface area contributed by atoms with Gasteiger partial charge in [-0.3, -0.25) is 43.6 Å². The number of amides is 1. The van der Waals surface area contributed by atoms with E-state index in [4.69, 9.17) is 23.7 Å². The van der Waals surface area contributed by atoms with Crippen molar-refractivity contribution >= 4 is 35.8 Å². The molecule has 21 heteroatoms. The number of carbonyl (C=O) groups is 6. The fourth-order valence-corrected chi connectivity index (χ4v) is 6.97. The molecule has 1 heterocycles. The first-order valence-electron chi connectivity index (χ1n) is 22.4. The van der Waals surface area contributed by atoms with Crippen LogP contribution in [0.25, 0.3) is 0 Å². The Morgan fingerprint density at radius 2 is 1.00 bits per heavy atom. The van der Waals surface area contributed by atoms with Crippen molar-refractivity contribution in [2.75, 3.05) is 138 Å². The average Bonchev–Trinajstić information content (AvgIpc) is 3.22. The number of rotatable bonds is 34. The van der Waals surface area contributed by atoms with Crippen LogP contribution in [0.4, 0.5) is 0 Å². The third-order valence-electron chi connectivity index (χ3n) is 10.5. The zero-order valence-corrected chi connectivity index (χ0v) is 38.1. The molecule has 0 bridgehead atoms. The molecule has 1 aromatic rings. The number of carboxylic acid groups (broad SMARTS) is 5. The van der Waals surface area contributed by atoms with Gasteiger partial charge < -0.3 is 54.5 Å². The largest absolute Gasteiger partial charge is 0.480 e. The van der Waals surface area contributed by atoms with E-state index >= 15 is 0 Å². The van der Waals surface area contributed by atoms with Crippen LogP contribution in [0.15, 0.2) is 24.3 Å². The maximum absolute atomic E-state index is 12.5. The summed E-state index contributed by atoms with van der Waals surface area (Å²) in [6.07, 6.45) is 2.50. The summed E-state index contributed by atoms with van der Waals surface area (Å²) >= 11 is 0. The molecule has 0 spiro atoms. The van der Waals surface area contributed by atoms with Gasteiger partial charge in [0.1, 0.15) is 6.04 Å². The molecule has 1 aromatic carbocycles. The molecule has 21 nitrogen and oxygen atoms in total. The highest BCUT2D eigenvalue weighted by Crippen LogP contribution is 2.16. The number of carboxylic acids is 5. The van der Waals surface area contributed by atoms with Gasteiger partial charge in [0.15, 0.2) is 0 Å². The minimum atomic E-state index is -1.15. The molecule has 0 aromatic heterocycles. The molecule has 2 rings (SSSR count). The lowest BCUT2D eigenvalue weighted by Gasteiger charge is -2.37. The highest BCUT2D eigenvalue weighted by atomic mass is 16.6. The summed E-state index contributed by atoms with van der Waals surface area (Å²) < 4.78 is 27.3. The summed E-state index contributed by atoms with van der Waals surface area (Å²) in [6.45, 7) is 8.45. The van der Waals surface area contributed by atoms with Crippen molar-refractivity contribution in [3.05, 3.63) is 35.4 Å². The summed E-state index contributed by atoms with van der Waals surface area (Å²) in [5, 5.41) is 50.9. The van der Waals surface area contributed by atoms with Gasteiger partial charge in [-0.2, -0.15) is 0 Å². The van der Waals surface area contributed by atoms with Crippen molar-refractivity contribution in [2.24, 2.45) is 5.92 Å². The topological polar surface area (TPSA) is 275 Å². The van der Waals surface area contributed by atoms with Crippen LogP contribution in [0.2, 0.25) is 0 Å². The van der Waals surface area contributed by atoms with Gasteiger partial charge in [0.25, 0.3) is 0 Å². The van der Waals surface area contributed by atoms with E-state index in [1.165, 1.54) is 0 Å². The predicted molar refractivity (Wildman–Crippen MR) is 236 cm³/mol. The fraction of sp³-hybridized carbons (Fsp3) is 0.727. The van der Waals surface area contributed by atoms with E-state index in [-0.39, 0.29) is 98.0 Å². The minimum absolute atomic E-state index is 0.0141. The standard InChI is InChI=1S/C44H73N5O16/c1-34(2)10-18-61-20-22-63-24-26-65-27-25-64-23-21-62-19-11-39(50)45-38(44(59)60)5-3-4-35-6-8-36(9-7-35)28-37-29-48(32-42(55)56)15-14-46(30-40(51)52)12-13-47(31-41(53)54)16-17-49(37)33-43(57)58/h6-9,34,37-38H,3-5,10-33H2,1-2H3,(H,45,50)(H,51,52)(H,53,54)(H,55,56)(H,57,58)(H,59,60)/t37-,38-/m0/s1. The van der Waals surface area contributed by atoms with Gasteiger partial charge in [-0.1, -0.05) is 38.1 Å². The van der Waals surface area contributed by atoms with Crippen molar-refractivity contribution in [1.29, 1.82) is 0 Å². The number of carbonyl (C=O) groups excluding carboxylic acids is 1. The van der Waals surface area contributed by atoms with Gasteiger partial charge in [-0.05, 0) is 49.1 Å². The summed E-state index contributed by atoms with van der Waals surface area (Å²) in [5.74, 6) is -5.33. The van der Waals surface area contributed by atoms with Crippen molar-refractivity contribution in [3.63, 3.8) is 0 Å². The molecule has 0 saturated carbocycles. The first kappa shape index (κ1) is 56.8. The number of aryl methyl sites for hydroxylation is 1. The number of benzene rings is 1. The average molecular weight is 928 g/mol. The molecule has 1 saturated heterocycles. The number of hydrogen-bond acceptors (Lipinski definition) is 15. The van der Waals surface area contributed by atoms with E-state index in [0.29, 0.717) is 71.4 Å². The van der Waals surface area contributed by atoms with Crippen LogP contribution in [0.5, 0.6) is 0 Å². The van der Waals surface area contributed by atoms with Gasteiger partial charge in [0.05, 0.1) is 85.6 Å². The van der Waals surface area contributed by atoms with Crippen LogP contribution < -0.4 is 5.32 Å². The van der Waals surface area contributed by atoms with E-state index in [9.17, 15) is 54.3 Å².